The van der Waals surface area contributed by atoms with Crippen LogP contribution >= 0.6 is 0 Å². The first kappa shape index (κ1) is 15.5. The quantitative estimate of drug-likeness (QED) is 0.654. The van der Waals surface area contributed by atoms with Crippen molar-refractivity contribution in [3.05, 3.63) is 71.8 Å². The highest BCUT2D eigenvalue weighted by molar-refractivity contribution is 5.85. The van der Waals surface area contributed by atoms with Crippen molar-refractivity contribution in [1.82, 2.24) is 0 Å². The molecule has 0 aliphatic carbocycles. The van der Waals surface area contributed by atoms with Crippen LogP contribution in [0.2, 0.25) is 0 Å². The third-order valence-corrected chi connectivity index (χ3v) is 2.97. The van der Waals surface area contributed by atoms with Crippen LogP contribution in [0.3, 0.4) is 0 Å². The summed E-state index contributed by atoms with van der Waals surface area (Å²) in [6.07, 6.45) is 6.44. The molecule has 0 amide bonds. The first-order chi connectivity index (χ1) is 10.7. The zero-order chi connectivity index (χ0) is 15.8. The van der Waals surface area contributed by atoms with Gasteiger partial charge < -0.3 is 10.2 Å². The van der Waals surface area contributed by atoms with Crippen LogP contribution < -0.4 is 0 Å². The van der Waals surface area contributed by atoms with Gasteiger partial charge in [-0.2, -0.15) is 0 Å². The number of aromatic hydroxyl groups is 2. The summed E-state index contributed by atoms with van der Waals surface area (Å²) in [6, 6.07) is 13.9. The van der Waals surface area contributed by atoms with Gasteiger partial charge in [0.2, 0.25) is 0 Å². The molecule has 0 radical (unpaired) electrons. The Labute approximate surface area is 129 Å². The van der Waals surface area contributed by atoms with Crippen molar-refractivity contribution in [2.75, 3.05) is 0 Å². The van der Waals surface area contributed by atoms with E-state index >= 15 is 0 Å². The Bertz CT molecular complexity index is 650. The van der Waals surface area contributed by atoms with E-state index in [0.29, 0.717) is 11.1 Å². The number of benzene rings is 2. The molecule has 112 valence electrons. The fraction of sp³-hybridized carbons (Fsp3) is 0.111. The molecule has 0 spiro atoms. The average Bonchev–Trinajstić information content (AvgIpc) is 2.53. The summed E-state index contributed by atoms with van der Waals surface area (Å²) in [5.41, 5.74) is 1.27. The summed E-state index contributed by atoms with van der Waals surface area (Å²) < 4.78 is 0. The molecule has 0 atom stereocenters. The number of aliphatic imine (C=N–C) groups is 2. The minimum atomic E-state index is -0.413. The molecule has 0 aromatic heterocycles. The molecular formula is C18H18N2O2. The Kier molecular flexibility index (Phi) is 5.49. The third-order valence-electron chi connectivity index (χ3n) is 2.97. The van der Waals surface area contributed by atoms with Gasteiger partial charge in [0.25, 0.3) is 0 Å². The average molecular weight is 294 g/mol. The van der Waals surface area contributed by atoms with Crippen LogP contribution in [0.1, 0.15) is 18.1 Å². The summed E-state index contributed by atoms with van der Waals surface area (Å²) in [6.45, 7) is 1.89. The highest BCUT2D eigenvalue weighted by Gasteiger charge is 2.00. The molecule has 2 rings (SSSR count). The summed E-state index contributed by atoms with van der Waals surface area (Å²) in [4.78, 5) is 8.68. The highest BCUT2D eigenvalue weighted by atomic mass is 16.3. The van der Waals surface area contributed by atoms with Crippen molar-refractivity contribution < 1.29 is 10.2 Å². The van der Waals surface area contributed by atoms with Gasteiger partial charge in [0.05, 0.1) is 0 Å². The molecule has 0 bridgehead atoms. The van der Waals surface area contributed by atoms with E-state index in [1.165, 1.54) is 0 Å². The maximum Gasteiger partial charge on any atom is 0.158 e. The highest BCUT2D eigenvalue weighted by Crippen LogP contribution is 2.15. The fourth-order valence-corrected chi connectivity index (χ4v) is 1.82. The van der Waals surface area contributed by atoms with Crippen LogP contribution in [0.15, 0.2) is 70.7 Å². The largest absolute Gasteiger partial charge is 0.507 e. The number of allylic oxidation sites excluding steroid dienone is 1. The standard InChI is InChI=1S/C18H18N2O2/c1-2-7-18(19-12-14-8-3-5-10-16(14)21)20-13-15-9-4-6-11-17(15)22/h2-13,18,21-22H,1H3. The SMILES string of the molecule is CC=CC(N=Cc1ccccc1O)N=Cc1ccccc1O. The predicted molar refractivity (Wildman–Crippen MR) is 90.0 cm³/mol. The molecule has 0 saturated carbocycles. The normalized spacial score (nSPS) is 13.3. The lowest BCUT2D eigenvalue weighted by Gasteiger charge is -2.03. The number of rotatable bonds is 5. The van der Waals surface area contributed by atoms with Gasteiger partial charge in [0.1, 0.15) is 11.5 Å². The minimum absolute atomic E-state index is 0.176. The van der Waals surface area contributed by atoms with Crippen LogP contribution in [0.5, 0.6) is 11.5 Å². The van der Waals surface area contributed by atoms with Crippen molar-refractivity contribution >= 4 is 12.4 Å². The van der Waals surface area contributed by atoms with E-state index in [-0.39, 0.29) is 11.5 Å². The summed E-state index contributed by atoms with van der Waals surface area (Å²) in [7, 11) is 0. The molecule has 0 unspecified atom stereocenters. The molecule has 0 fully saturated rings. The van der Waals surface area contributed by atoms with Crippen molar-refractivity contribution in [3.63, 3.8) is 0 Å². The molecule has 22 heavy (non-hydrogen) atoms. The van der Waals surface area contributed by atoms with E-state index < -0.39 is 6.17 Å². The van der Waals surface area contributed by atoms with E-state index in [1.54, 1.807) is 48.8 Å². The van der Waals surface area contributed by atoms with Crippen LogP contribution in [0, 0.1) is 0 Å². The van der Waals surface area contributed by atoms with E-state index in [9.17, 15) is 10.2 Å². The van der Waals surface area contributed by atoms with E-state index in [0.717, 1.165) is 0 Å². The summed E-state index contributed by atoms with van der Waals surface area (Å²) in [5.74, 6) is 0.352. The number of phenolic OH excluding ortho intramolecular Hbond substituents is 2. The van der Waals surface area contributed by atoms with Crippen molar-refractivity contribution in [2.45, 2.75) is 13.1 Å². The summed E-state index contributed by atoms with van der Waals surface area (Å²) >= 11 is 0. The van der Waals surface area contributed by atoms with Crippen LogP contribution in [-0.4, -0.2) is 28.8 Å². The van der Waals surface area contributed by atoms with Gasteiger partial charge in [-0.25, -0.2) is 0 Å². The Hall–Kier alpha value is -2.88. The maximum atomic E-state index is 9.72. The van der Waals surface area contributed by atoms with Gasteiger partial charge in [-0.05, 0) is 37.3 Å². The molecule has 4 heteroatoms. The van der Waals surface area contributed by atoms with Gasteiger partial charge in [-0.3, -0.25) is 9.98 Å². The van der Waals surface area contributed by atoms with Crippen LogP contribution in [0.25, 0.3) is 0 Å². The fourth-order valence-electron chi connectivity index (χ4n) is 1.82. The molecule has 0 aliphatic rings. The Balaban J connectivity index is 2.17. The predicted octanol–water partition coefficient (Wildman–Crippen LogP) is 3.54. The molecule has 2 aromatic carbocycles. The minimum Gasteiger partial charge on any atom is -0.507 e. The lowest BCUT2D eigenvalue weighted by molar-refractivity contribution is 0.474. The Morgan fingerprint density at radius 1 is 0.818 bits per heavy atom. The maximum absolute atomic E-state index is 9.72. The number of phenols is 2. The van der Waals surface area contributed by atoms with Crippen LogP contribution in [0.4, 0.5) is 0 Å². The Morgan fingerprint density at radius 3 is 1.68 bits per heavy atom. The van der Waals surface area contributed by atoms with Gasteiger partial charge in [0, 0.05) is 23.6 Å². The number of hydrogen-bond acceptors (Lipinski definition) is 4. The monoisotopic (exact) mass is 294 g/mol. The van der Waals surface area contributed by atoms with Gasteiger partial charge >= 0.3 is 0 Å². The molecule has 0 heterocycles. The summed E-state index contributed by atoms with van der Waals surface area (Å²) in [5, 5.41) is 19.4. The van der Waals surface area contributed by atoms with E-state index in [2.05, 4.69) is 9.98 Å². The van der Waals surface area contributed by atoms with Gasteiger partial charge in [-0.1, -0.05) is 30.3 Å². The van der Waals surface area contributed by atoms with E-state index in [1.807, 2.05) is 31.2 Å². The van der Waals surface area contributed by atoms with E-state index in [4.69, 9.17) is 0 Å². The van der Waals surface area contributed by atoms with Crippen molar-refractivity contribution in [3.8, 4) is 11.5 Å². The zero-order valence-corrected chi connectivity index (χ0v) is 12.3. The number of nitrogens with zero attached hydrogens (tertiary/aromatic N) is 2. The first-order valence-electron chi connectivity index (χ1n) is 6.96. The van der Waals surface area contributed by atoms with Crippen molar-refractivity contribution in [1.29, 1.82) is 0 Å². The molecule has 0 saturated heterocycles. The second kappa shape index (κ2) is 7.78. The topological polar surface area (TPSA) is 65.2 Å². The zero-order valence-electron chi connectivity index (χ0n) is 12.3. The lowest BCUT2D eigenvalue weighted by Crippen LogP contribution is -1.98. The number of hydrogen-bond donors (Lipinski definition) is 2. The molecule has 0 aliphatic heterocycles. The van der Waals surface area contributed by atoms with Crippen LogP contribution in [-0.2, 0) is 0 Å². The molecule has 2 N–H and O–H groups in total. The third kappa shape index (κ3) is 4.31. The smallest absolute Gasteiger partial charge is 0.158 e. The molecular weight excluding hydrogens is 276 g/mol. The first-order valence-corrected chi connectivity index (χ1v) is 6.96. The van der Waals surface area contributed by atoms with Crippen molar-refractivity contribution in [2.24, 2.45) is 9.98 Å². The van der Waals surface area contributed by atoms with Gasteiger partial charge in [0.15, 0.2) is 6.17 Å². The second-order valence-electron chi connectivity index (χ2n) is 4.61. The molecule has 4 nitrogen and oxygen atoms in total. The molecule has 2 aromatic rings. The second-order valence-corrected chi connectivity index (χ2v) is 4.61. The number of para-hydroxylation sites is 2. The van der Waals surface area contributed by atoms with Gasteiger partial charge in [-0.15, -0.1) is 0 Å². The Morgan fingerprint density at radius 2 is 1.27 bits per heavy atom. The lowest BCUT2D eigenvalue weighted by atomic mass is 10.2.